The first-order chi connectivity index (χ1) is 13.4. The van der Waals surface area contributed by atoms with Gasteiger partial charge in [-0.3, -0.25) is 14.3 Å². The third-order valence-corrected chi connectivity index (χ3v) is 3.87. The van der Waals surface area contributed by atoms with Crippen molar-refractivity contribution in [1.82, 2.24) is 19.5 Å². The summed E-state index contributed by atoms with van der Waals surface area (Å²) in [7, 11) is 0. The van der Waals surface area contributed by atoms with Crippen LogP contribution in [0.25, 0.3) is 16.9 Å². The Kier molecular flexibility index (Phi) is 5.71. The lowest BCUT2D eigenvalue weighted by Crippen LogP contribution is -2.12. The molecule has 0 aliphatic carbocycles. The Morgan fingerprint density at radius 1 is 1.29 bits per heavy atom. The number of hydrogen-bond acceptors (Lipinski definition) is 5. The molecule has 0 unspecified atom stereocenters. The number of fused-ring (bicyclic) bond motifs is 1. The maximum Gasteiger partial charge on any atom is 0.300 e. The molecular formula is C21H23N5O2. The summed E-state index contributed by atoms with van der Waals surface area (Å²) >= 11 is 0. The van der Waals surface area contributed by atoms with E-state index in [4.69, 9.17) is 10.1 Å². The van der Waals surface area contributed by atoms with Crippen LogP contribution in [0.1, 0.15) is 32.9 Å². The van der Waals surface area contributed by atoms with Crippen LogP contribution in [0.3, 0.4) is 0 Å². The van der Waals surface area contributed by atoms with Gasteiger partial charge in [0.1, 0.15) is 6.33 Å². The molecule has 0 aliphatic heterocycles. The number of carbonyl (C=O) groups is 1. The van der Waals surface area contributed by atoms with Crippen molar-refractivity contribution in [2.45, 2.75) is 33.6 Å². The molecule has 144 valence electrons. The lowest BCUT2D eigenvalue weighted by molar-refractivity contribution is -0.111. The number of aliphatic hydroxyl groups excluding tert-OH is 1. The number of nitrogens with zero attached hydrogens (tertiary/aromatic N) is 4. The van der Waals surface area contributed by atoms with Crippen molar-refractivity contribution in [3.63, 3.8) is 0 Å². The molecule has 0 bridgehead atoms. The molecule has 2 heterocycles. The number of hydrogen-bond donors (Lipinski definition) is 2. The van der Waals surface area contributed by atoms with E-state index < -0.39 is 5.91 Å². The molecule has 2 aromatic heterocycles. The minimum absolute atomic E-state index is 0.0687. The van der Waals surface area contributed by atoms with Gasteiger partial charge in [0.25, 0.3) is 5.91 Å². The van der Waals surface area contributed by atoms with Crippen molar-refractivity contribution >= 4 is 22.6 Å². The molecule has 1 amide bonds. The fraction of sp³-hybridized carbons (Fsp3) is 0.333. The van der Waals surface area contributed by atoms with E-state index in [9.17, 15) is 4.79 Å². The predicted molar refractivity (Wildman–Crippen MR) is 108 cm³/mol. The van der Waals surface area contributed by atoms with Gasteiger partial charge < -0.3 is 10.4 Å². The van der Waals surface area contributed by atoms with Crippen LogP contribution >= 0.6 is 0 Å². The van der Waals surface area contributed by atoms with Gasteiger partial charge in [-0.05, 0) is 36.0 Å². The minimum atomic E-state index is -0.425. The van der Waals surface area contributed by atoms with Crippen LogP contribution in [0.2, 0.25) is 0 Å². The van der Waals surface area contributed by atoms with E-state index in [2.05, 4.69) is 47.9 Å². The lowest BCUT2D eigenvalue weighted by atomic mass is 9.91. The molecule has 0 radical (unpaired) electrons. The van der Waals surface area contributed by atoms with Gasteiger partial charge in [-0.2, -0.15) is 0 Å². The third kappa shape index (κ3) is 4.93. The summed E-state index contributed by atoms with van der Waals surface area (Å²) in [5.74, 6) is 5.30. The first-order valence-electron chi connectivity index (χ1n) is 9.05. The van der Waals surface area contributed by atoms with E-state index in [-0.39, 0.29) is 18.4 Å². The number of aliphatic hydroxyl groups is 1. The molecule has 3 rings (SSSR count). The highest BCUT2D eigenvalue weighted by molar-refractivity contribution is 6.04. The Morgan fingerprint density at radius 2 is 2.11 bits per heavy atom. The van der Waals surface area contributed by atoms with E-state index in [1.54, 1.807) is 24.8 Å². The molecule has 28 heavy (non-hydrogen) atoms. The molecule has 0 aliphatic rings. The van der Waals surface area contributed by atoms with Crippen molar-refractivity contribution in [1.29, 1.82) is 0 Å². The number of aromatic nitrogens is 4. The summed E-state index contributed by atoms with van der Waals surface area (Å²) in [6.45, 7) is 6.41. The monoisotopic (exact) mass is 377 g/mol. The number of nitrogens with one attached hydrogen (secondary N) is 1. The van der Waals surface area contributed by atoms with Crippen LogP contribution in [0.15, 0.2) is 36.9 Å². The Bertz CT molecular complexity index is 1050. The van der Waals surface area contributed by atoms with Crippen molar-refractivity contribution in [2.75, 3.05) is 11.9 Å². The number of anilines is 1. The van der Waals surface area contributed by atoms with Crippen LogP contribution in [0.4, 0.5) is 5.69 Å². The van der Waals surface area contributed by atoms with E-state index in [1.165, 1.54) is 0 Å². The average molecular weight is 377 g/mol. The van der Waals surface area contributed by atoms with Gasteiger partial charge in [0.15, 0.2) is 5.82 Å². The van der Waals surface area contributed by atoms with Crippen LogP contribution in [0.5, 0.6) is 0 Å². The highest BCUT2D eigenvalue weighted by atomic mass is 16.2. The lowest BCUT2D eigenvalue weighted by Gasteiger charge is -2.17. The summed E-state index contributed by atoms with van der Waals surface area (Å²) in [6.07, 6.45) is 6.25. The standard InChI is InChI=1S/C21H23N5O2/c1-21(2,3)11-16-12-22-13-19(24-16)26-14-23-17-8-7-15(10-18(17)26)25-20(28)6-4-5-9-27/h7-8,10,12-14,27H,5,9,11H2,1-3H3,(H,25,28). The average Bonchev–Trinajstić information content (AvgIpc) is 3.04. The molecule has 0 spiro atoms. The molecule has 0 atom stereocenters. The molecule has 7 heteroatoms. The summed E-state index contributed by atoms with van der Waals surface area (Å²) in [6, 6.07) is 5.42. The van der Waals surface area contributed by atoms with Crippen LogP contribution < -0.4 is 5.32 Å². The van der Waals surface area contributed by atoms with Crippen molar-refractivity contribution in [3.8, 4) is 17.7 Å². The van der Waals surface area contributed by atoms with Gasteiger partial charge in [0, 0.05) is 18.3 Å². The third-order valence-electron chi connectivity index (χ3n) is 3.87. The maximum absolute atomic E-state index is 11.9. The summed E-state index contributed by atoms with van der Waals surface area (Å²) < 4.78 is 1.85. The smallest absolute Gasteiger partial charge is 0.300 e. The summed E-state index contributed by atoms with van der Waals surface area (Å²) in [4.78, 5) is 25.3. The Labute approximate surface area is 163 Å². The van der Waals surface area contributed by atoms with Crippen LogP contribution in [0, 0.1) is 17.3 Å². The fourth-order valence-electron chi connectivity index (χ4n) is 2.77. The molecule has 1 aromatic carbocycles. The second-order valence-corrected chi connectivity index (χ2v) is 7.65. The van der Waals surface area contributed by atoms with E-state index in [1.807, 2.05) is 16.7 Å². The fourth-order valence-corrected chi connectivity index (χ4v) is 2.77. The van der Waals surface area contributed by atoms with Crippen molar-refractivity contribution in [2.24, 2.45) is 5.41 Å². The van der Waals surface area contributed by atoms with E-state index in [0.717, 1.165) is 23.1 Å². The number of rotatable bonds is 4. The van der Waals surface area contributed by atoms with E-state index in [0.29, 0.717) is 11.5 Å². The Hall–Kier alpha value is -3.24. The molecule has 0 saturated heterocycles. The number of benzene rings is 1. The molecule has 0 fully saturated rings. The van der Waals surface area contributed by atoms with Gasteiger partial charge >= 0.3 is 0 Å². The first-order valence-corrected chi connectivity index (χ1v) is 9.05. The van der Waals surface area contributed by atoms with Crippen LogP contribution in [-0.2, 0) is 11.2 Å². The van der Waals surface area contributed by atoms with Gasteiger partial charge in [-0.1, -0.05) is 26.7 Å². The van der Waals surface area contributed by atoms with Crippen molar-refractivity contribution in [3.05, 3.63) is 42.6 Å². The Balaban J connectivity index is 1.90. The predicted octanol–water partition coefficient (Wildman–Crippen LogP) is 2.73. The highest BCUT2D eigenvalue weighted by Crippen LogP contribution is 2.23. The van der Waals surface area contributed by atoms with Gasteiger partial charge in [0.05, 0.1) is 29.5 Å². The van der Waals surface area contributed by atoms with Crippen molar-refractivity contribution < 1.29 is 9.90 Å². The zero-order valence-electron chi connectivity index (χ0n) is 16.2. The molecule has 7 nitrogen and oxygen atoms in total. The summed E-state index contributed by atoms with van der Waals surface area (Å²) in [5.41, 5.74) is 3.22. The van der Waals surface area contributed by atoms with Crippen LogP contribution in [-0.4, -0.2) is 37.1 Å². The molecular weight excluding hydrogens is 354 g/mol. The number of imidazole rings is 1. The Morgan fingerprint density at radius 3 is 2.86 bits per heavy atom. The zero-order valence-corrected chi connectivity index (χ0v) is 16.2. The topological polar surface area (TPSA) is 92.9 Å². The quantitative estimate of drug-likeness (QED) is 0.682. The van der Waals surface area contributed by atoms with E-state index >= 15 is 0 Å². The largest absolute Gasteiger partial charge is 0.395 e. The summed E-state index contributed by atoms with van der Waals surface area (Å²) in [5, 5.41) is 11.5. The zero-order chi connectivity index (χ0) is 20.1. The van der Waals surface area contributed by atoms with Gasteiger partial charge in [0.2, 0.25) is 0 Å². The molecule has 2 N–H and O–H groups in total. The molecule has 0 saturated carbocycles. The minimum Gasteiger partial charge on any atom is -0.395 e. The number of amides is 1. The maximum atomic E-state index is 11.9. The second-order valence-electron chi connectivity index (χ2n) is 7.65. The normalized spacial score (nSPS) is 11.1. The SMILES string of the molecule is CC(C)(C)Cc1cncc(-n2cnc3ccc(NC(=O)C#CCCO)cc32)n1. The van der Waals surface area contributed by atoms with Gasteiger partial charge in [-0.15, -0.1) is 0 Å². The number of carbonyl (C=O) groups excluding carboxylic acids is 1. The second kappa shape index (κ2) is 8.19. The first kappa shape index (κ1) is 19.5. The molecule has 3 aromatic rings. The van der Waals surface area contributed by atoms with Gasteiger partial charge in [-0.25, -0.2) is 9.97 Å². The highest BCUT2D eigenvalue weighted by Gasteiger charge is 2.14.